The van der Waals surface area contributed by atoms with Gasteiger partial charge in [-0.15, -0.1) is 0 Å². The number of hydrogen-bond acceptors (Lipinski definition) is 4. The maximum absolute atomic E-state index is 12.6. The van der Waals surface area contributed by atoms with Crippen molar-refractivity contribution in [3.63, 3.8) is 0 Å². The first kappa shape index (κ1) is 18.7. The summed E-state index contributed by atoms with van der Waals surface area (Å²) in [5.41, 5.74) is 3.26. The Hall–Kier alpha value is -2.70. The van der Waals surface area contributed by atoms with Gasteiger partial charge in [0.05, 0.1) is 22.0 Å². The third-order valence-electron chi connectivity index (χ3n) is 4.62. The molecule has 0 spiro atoms. The van der Waals surface area contributed by atoms with Gasteiger partial charge in [-0.05, 0) is 55.0 Å². The molecule has 0 atom stereocenters. The second kappa shape index (κ2) is 7.04. The lowest BCUT2D eigenvalue weighted by molar-refractivity contribution is 0.597. The predicted octanol–water partition coefficient (Wildman–Crippen LogP) is 4.94. The van der Waals surface area contributed by atoms with Gasteiger partial charge in [-0.1, -0.05) is 41.9 Å². The first-order valence-corrected chi connectivity index (χ1v) is 10.7. The third kappa shape index (κ3) is 3.93. The van der Waals surface area contributed by atoms with E-state index in [0.29, 0.717) is 17.1 Å². The Bertz CT molecular complexity index is 1090. The van der Waals surface area contributed by atoms with Gasteiger partial charge in [0.2, 0.25) is 0 Å². The molecule has 144 valence electrons. The van der Waals surface area contributed by atoms with Gasteiger partial charge in [0.25, 0.3) is 10.0 Å². The Labute approximate surface area is 169 Å². The Balaban J connectivity index is 1.48. The molecular formula is C21H20ClN3O2S. The SMILES string of the molecule is CC1(Cc2ccc(S(=O)(=O)Nc3cccc(Cl)c3)cc2)Nc2ccccc2N1. The highest BCUT2D eigenvalue weighted by Crippen LogP contribution is 2.35. The molecule has 0 bridgehead atoms. The van der Waals surface area contributed by atoms with Crippen molar-refractivity contribution in [2.45, 2.75) is 23.9 Å². The zero-order chi connectivity index (χ0) is 19.8. The number of rotatable bonds is 5. The monoisotopic (exact) mass is 413 g/mol. The first-order valence-electron chi connectivity index (χ1n) is 8.86. The van der Waals surface area contributed by atoms with E-state index in [-0.39, 0.29) is 10.6 Å². The maximum atomic E-state index is 12.6. The van der Waals surface area contributed by atoms with Crippen LogP contribution in [0.4, 0.5) is 17.1 Å². The van der Waals surface area contributed by atoms with Crippen LogP contribution in [0.3, 0.4) is 0 Å². The van der Waals surface area contributed by atoms with Crippen molar-refractivity contribution in [2.75, 3.05) is 15.4 Å². The van der Waals surface area contributed by atoms with Crippen LogP contribution in [0.15, 0.2) is 77.7 Å². The van der Waals surface area contributed by atoms with Gasteiger partial charge in [-0.3, -0.25) is 4.72 Å². The molecule has 4 rings (SSSR count). The minimum absolute atomic E-state index is 0.206. The molecule has 5 nitrogen and oxygen atoms in total. The summed E-state index contributed by atoms with van der Waals surface area (Å²) >= 11 is 5.92. The van der Waals surface area contributed by atoms with Gasteiger partial charge in [-0.25, -0.2) is 8.42 Å². The molecule has 1 heterocycles. The van der Waals surface area contributed by atoms with Crippen LogP contribution in [0, 0.1) is 0 Å². The second-order valence-corrected chi connectivity index (χ2v) is 9.18. The summed E-state index contributed by atoms with van der Waals surface area (Å²) in [6.45, 7) is 2.08. The topological polar surface area (TPSA) is 70.2 Å². The number of anilines is 3. The predicted molar refractivity (Wildman–Crippen MR) is 114 cm³/mol. The van der Waals surface area contributed by atoms with Crippen molar-refractivity contribution < 1.29 is 8.42 Å². The molecule has 0 aliphatic carbocycles. The van der Waals surface area contributed by atoms with Crippen molar-refractivity contribution >= 4 is 38.7 Å². The zero-order valence-corrected chi connectivity index (χ0v) is 16.8. The first-order chi connectivity index (χ1) is 13.3. The van der Waals surface area contributed by atoms with E-state index in [9.17, 15) is 8.42 Å². The summed E-state index contributed by atoms with van der Waals surface area (Å²) in [6, 6.07) is 21.6. The van der Waals surface area contributed by atoms with Crippen LogP contribution < -0.4 is 15.4 Å². The number of nitrogens with one attached hydrogen (secondary N) is 3. The molecule has 28 heavy (non-hydrogen) atoms. The van der Waals surface area contributed by atoms with Crippen LogP contribution in [-0.2, 0) is 16.4 Å². The van der Waals surface area contributed by atoms with Gasteiger partial charge in [-0.2, -0.15) is 0 Å². The molecule has 0 unspecified atom stereocenters. The molecule has 1 aliphatic heterocycles. The fourth-order valence-electron chi connectivity index (χ4n) is 3.38. The van der Waals surface area contributed by atoms with Gasteiger partial charge in [0, 0.05) is 11.4 Å². The van der Waals surface area contributed by atoms with E-state index in [1.165, 1.54) is 0 Å². The molecular weight excluding hydrogens is 394 g/mol. The molecule has 7 heteroatoms. The fraction of sp³-hybridized carbons (Fsp3) is 0.143. The van der Waals surface area contributed by atoms with Crippen molar-refractivity contribution in [1.29, 1.82) is 0 Å². The summed E-state index contributed by atoms with van der Waals surface area (Å²) in [4.78, 5) is 0.206. The molecule has 0 saturated heterocycles. The summed E-state index contributed by atoms with van der Waals surface area (Å²) in [5, 5.41) is 7.45. The Morgan fingerprint density at radius 1 is 0.929 bits per heavy atom. The summed E-state index contributed by atoms with van der Waals surface area (Å²) in [6.07, 6.45) is 0.698. The summed E-state index contributed by atoms with van der Waals surface area (Å²) in [7, 11) is -3.67. The maximum Gasteiger partial charge on any atom is 0.261 e. The normalized spacial score (nSPS) is 14.6. The van der Waals surface area contributed by atoms with E-state index in [1.54, 1.807) is 36.4 Å². The minimum Gasteiger partial charge on any atom is -0.361 e. The largest absolute Gasteiger partial charge is 0.361 e. The van der Waals surface area contributed by atoms with Gasteiger partial charge < -0.3 is 10.6 Å². The summed E-state index contributed by atoms with van der Waals surface area (Å²) in [5.74, 6) is 0. The fourth-order valence-corrected chi connectivity index (χ4v) is 4.62. The lowest BCUT2D eigenvalue weighted by atomic mass is 10.0. The van der Waals surface area contributed by atoms with E-state index >= 15 is 0 Å². The number of halogens is 1. The van der Waals surface area contributed by atoms with Crippen LogP contribution in [-0.4, -0.2) is 14.1 Å². The number of hydrogen-bond donors (Lipinski definition) is 3. The summed E-state index contributed by atoms with van der Waals surface area (Å²) < 4.78 is 27.8. The van der Waals surface area contributed by atoms with E-state index < -0.39 is 10.0 Å². The highest BCUT2D eigenvalue weighted by Gasteiger charge is 2.31. The Kier molecular flexibility index (Phi) is 4.69. The smallest absolute Gasteiger partial charge is 0.261 e. The molecule has 3 aromatic carbocycles. The molecule has 3 aromatic rings. The van der Waals surface area contributed by atoms with Crippen molar-refractivity contribution in [2.24, 2.45) is 0 Å². The average molecular weight is 414 g/mol. The van der Waals surface area contributed by atoms with E-state index in [0.717, 1.165) is 16.9 Å². The molecule has 0 amide bonds. The van der Waals surface area contributed by atoms with Crippen LogP contribution in [0.5, 0.6) is 0 Å². The van der Waals surface area contributed by atoms with Crippen LogP contribution in [0.2, 0.25) is 5.02 Å². The zero-order valence-electron chi connectivity index (χ0n) is 15.2. The molecule has 0 radical (unpaired) electrons. The van der Waals surface area contributed by atoms with Crippen LogP contribution >= 0.6 is 11.6 Å². The van der Waals surface area contributed by atoms with Crippen molar-refractivity contribution in [3.05, 3.63) is 83.4 Å². The Morgan fingerprint density at radius 3 is 2.18 bits per heavy atom. The van der Waals surface area contributed by atoms with E-state index in [4.69, 9.17) is 11.6 Å². The van der Waals surface area contributed by atoms with Crippen LogP contribution in [0.1, 0.15) is 12.5 Å². The second-order valence-electron chi connectivity index (χ2n) is 7.06. The third-order valence-corrected chi connectivity index (χ3v) is 6.25. The highest BCUT2D eigenvalue weighted by atomic mass is 35.5. The molecule has 1 aliphatic rings. The van der Waals surface area contributed by atoms with Crippen molar-refractivity contribution in [1.82, 2.24) is 0 Å². The lowest BCUT2D eigenvalue weighted by Crippen LogP contribution is -2.40. The average Bonchev–Trinajstić information content (AvgIpc) is 2.97. The number of benzene rings is 3. The minimum atomic E-state index is -3.67. The Morgan fingerprint density at radius 2 is 1.57 bits per heavy atom. The molecule has 0 fully saturated rings. The lowest BCUT2D eigenvalue weighted by Gasteiger charge is -2.26. The van der Waals surface area contributed by atoms with Gasteiger partial charge in [0.15, 0.2) is 0 Å². The quantitative estimate of drug-likeness (QED) is 0.554. The van der Waals surface area contributed by atoms with E-state index in [2.05, 4.69) is 22.3 Å². The number of fused-ring (bicyclic) bond motifs is 1. The van der Waals surface area contributed by atoms with Crippen LogP contribution in [0.25, 0.3) is 0 Å². The molecule has 3 N–H and O–H groups in total. The van der Waals surface area contributed by atoms with Gasteiger partial charge >= 0.3 is 0 Å². The van der Waals surface area contributed by atoms with Gasteiger partial charge in [0.1, 0.15) is 5.66 Å². The number of para-hydroxylation sites is 2. The molecule has 0 aromatic heterocycles. The molecule has 0 saturated carbocycles. The highest BCUT2D eigenvalue weighted by molar-refractivity contribution is 7.92. The van der Waals surface area contributed by atoms with Crippen molar-refractivity contribution in [3.8, 4) is 0 Å². The number of sulfonamides is 1. The standard InChI is InChI=1S/C21H20ClN3O2S/c1-21(23-19-7-2-3-8-20(19)24-21)14-15-9-11-18(12-10-15)28(26,27)25-17-6-4-5-16(22)13-17/h2-13,23-25H,14H2,1H3. The van der Waals surface area contributed by atoms with E-state index in [1.807, 2.05) is 36.4 Å².